The summed E-state index contributed by atoms with van der Waals surface area (Å²) in [7, 11) is 0. The third kappa shape index (κ3) is 2.56. The van der Waals surface area contributed by atoms with Gasteiger partial charge in [-0.25, -0.2) is 0 Å². The molecular weight excluding hydrogens is 312 g/mol. The van der Waals surface area contributed by atoms with Crippen LogP contribution < -0.4 is 0 Å². The van der Waals surface area contributed by atoms with Crippen LogP contribution in [-0.2, 0) is 19.2 Å². The zero-order valence-electron chi connectivity index (χ0n) is 10.7. The molecule has 3 rings (SSSR count). The largest absolute Gasteiger partial charge is 0.273 e. The summed E-state index contributed by atoms with van der Waals surface area (Å²) in [6.07, 6.45) is 4.80. The smallest absolute Gasteiger partial charge is 0.254 e. The average Bonchev–Trinajstić information content (AvgIpc) is 3.15. The molecule has 8 heteroatoms. The van der Waals surface area contributed by atoms with Crippen LogP contribution in [0.25, 0.3) is 0 Å². The Balaban J connectivity index is 1.83. The summed E-state index contributed by atoms with van der Waals surface area (Å²) in [5.74, 6) is -1.66. The van der Waals surface area contributed by atoms with Crippen LogP contribution in [0.5, 0.6) is 0 Å². The van der Waals surface area contributed by atoms with Crippen LogP contribution in [-0.4, -0.2) is 50.6 Å². The summed E-state index contributed by atoms with van der Waals surface area (Å²) in [6.45, 7) is 0.0101. The molecule has 0 radical (unpaired) electrons. The summed E-state index contributed by atoms with van der Waals surface area (Å²) < 4.78 is -0.126. The maximum absolute atomic E-state index is 11.9. The quantitative estimate of drug-likeness (QED) is 0.701. The van der Waals surface area contributed by atoms with Crippen LogP contribution in [0.15, 0.2) is 35.1 Å². The third-order valence-corrected chi connectivity index (χ3v) is 5.83. The molecule has 0 aromatic heterocycles. The monoisotopic (exact) mass is 322 g/mol. The summed E-state index contributed by atoms with van der Waals surface area (Å²) >= 11 is 2.93. The molecule has 108 valence electrons. The topological polar surface area (TPSA) is 74.8 Å². The molecule has 0 aromatic rings. The van der Waals surface area contributed by atoms with Gasteiger partial charge in [-0.1, -0.05) is 0 Å². The van der Waals surface area contributed by atoms with E-state index in [0.29, 0.717) is 0 Å². The molecule has 4 amide bonds. The molecule has 0 saturated heterocycles. The molecule has 0 fully saturated rings. The lowest BCUT2D eigenvalue weighted by atomic mass is 10.2. The van der Waals surface area contributed by atoms with E-state index in [2.05, 4.69) is 0 Å². The summed E-state index contributed by atoms with van der Waals surface area (Å²) in [5.41, 5.74) is 0. The van der Waals surface area contributed by atoms with Gasteiger partial charge in [0.15, 0.2) is 0 Å². The Morgan fingerprint density at radius 2 is 1.33 bits per heavy atom. The van der Waals surface area contributed by atoms with Crippen LogP contribution in [0.4, 0.5) is 0 Å². The zero-order valence-corrected chi connectivity index (χ0v) is 12.3. The number of carbonyl (C=O) groups excluding carboxylic acids is 4. The maximum Gasteiger partial charge on any atom is 0.254 e. The Morgan fingerprint density at radius 1 is 0.857 bits per heavy atom. The normalized spacial score (nSPS) is 23.2. The molecule has 0 bridgehead atoms. The van der Waals surface area contributed by atoms with Crippen LogP contribution >= 0.6 is 23.5 Å². The van der Waals surface area contributed by atoms with Crippen molar-refractivity contribution in [2.45, 2.75) is 10.6 Å². The molecule has 0 aliphatic carbocycles. The fraction of sp³-hybridized carbons (Fsp3) is 0.231. The Morgan fingerprint density at radius 3 is 1.86 bits per heavy atom. The second-order valence-electron chi connectivity index (χ2n) is 4.48. The van der Waals surface area contributed by atoms with Crippen molar-refractivity contribution in [2.24, 2.45) is 0 Å². The molecule has 3 aliphatic rings. The van der Waals surface area contributed by atoms with Gasteiger partial charge in [-0.15, -0.1) is 23.5 Å². The highest BCUT2D eigenvalue weighted by Crippen LogP contribution is 2.38. The number of nitrogens with zero attached hydrogens (tertiary/aromatic N) is 2. The SMILES string of the molecule is O=C1C=CC(=O)N1CC(C1SC=CS1)N1C(=O)C=CC1=O. The number of hydrogen-bond donors (Lipinski definition) is 0. The van der Waals surface area contributed by atoms with Crippen molar-refractivity contribution < 1.29 is 19.2 Å². The van der Waals surface area contributed by atoms with Crippen LogP contribution in [0.2, 0.25) is 0 Å². The van der Waals surface area contributed by atoms with Gasteiger partial charge < -0.3 is 0 Å². The van der Waals surface area contributed by atoms with Gasteiger partial charge in [-0.05, 0) is 10.8 Å². The highest BCUT2D eigenvalue weighted by atomic mass is 32.2. The van der Waals surface area contributed by atoms with Crippen molar-refractivity contribution in [1.82, 2.24) is 9.80 Å². The van der Waals surface area contributed by atoms with E-state index in [1.165, 1.54) is 47.8 Å². The van der Waals surface area contributed by atoms with Gasteiger partial charge in [0.25, 0.3) is 23.6 Å². The Hall–Kier alpha value is -1.80. The molecule has 6 nitrogen and oxygen atoms in total. The van der Waals surface area contributed by atoms with Crippen molar-refractivity contribution >= 4 is 47.2 Å². The molecule has 3 heterocycles. The van der Waals surface area contributed by atoms with Crippen molar-refractivity contribution in [3.8, 4) is 0 Å². The van der Waals surface area contributed by atoms with E-state index in [4.69, 9.17) is 0 Å². The van der Waals surface area contributed by atoms with Gasteiger partial charge in [0.1, 0.15) is 0 Å². The molecule has 1 atom stereocenters. The van der Waals surface area contributed by atoms with Crippen molar-refractivity contribution in [3.05, 3.63) is 35.1 Å². The molecule has 3 aliphatic heterocycles. The highest BCUT2D eigenvalue weighted by molar-refractivity contribution is 8.22. The minimum atomic E-state index is -0.558. The zero-order chi connectivity index (χ0) is 15.0. The van der Waals surface area contributed by atoms with E-state index >= 15 is 0 Å². The summed E-state index contributed by atoms with van der Waals surface area (Å²) in [5, 5.41) is 3.74. The molecule has 0 N–H and O–H groups in total. The molecule has 21 heavy (non-hydrogen) atoms. The summed E-state index contributed by atoms with van der Waals surface area (Å²) in [4.78, 5) is 49.4. The predicted molar refractivity (Wildman–Crippen MR) is 78.8 cm³/mol. The second-order valence-corrected chi connectivity index (χ2v) is 6.88. The molecule has 0 aromatic carbocycles. The van der Waals surface area contributed by atoms with Crippen LogP contribution in [0, 0.1) is 0 Å². The molecule has 0 saturated carbocycles. The minimum absolute atomic E-state index is 0.0101. The first-order chi connectivity index (χ1) is 10.1. The lowest BCUT2D eigenvalue weighted by Crippen LogP contribution is -2.52. The lowest BCUT2D eigenvalue weighted by molar-refractivity contribution is -0.144. The number of amides is 4. The maximum atomic E-state index is 11.9. The standard InChI is InChI=1S/C13H10N2O4S2/c16-9-1-2-10(17)14(9)7-8(13-20-5-6-21-13)15-11(18)3-4-12(15)19/h1-6,8,13H,7H2. The van der Waals surface area contributed by atoms with E-state index in [1.807, 2.05) is 10.8 Å². The van der Waals surface area contributed by atoms with Crippen molar-refractivity contribution in [3.63, 3.8) is 0 Å². The number of carbonyl (C=O) groups is 4. The second kappa shape index (κ2) is 5.53. The Bertz CT molecular complexity index is 582. The first kappa shape index (κ1) is 14.2. The van der Waals surface area contributed by atoms with E-state index in [-0.39, 0.29) is 11.1 Å². The Labute approximate surface area is 128 Å². The molecule has 1 unspecified atom stereocenters. The van der Waals surface area contributed by atoms with Crippen molar-refractivity contribution in [1.29, 1.82) is 0 Å². The highest BCUT2D eigenvalue weighted by Gasteiger charge is 2.40. The minimum Gasteiger partial charge on any atom is -0.273 e. The lowest BCUT2D eigenvalue weighted by Gasteiger charge is -2.32. The van der Waals surface area contributed by atoms with Gasteiger partial charge in [-0.3, -0.25) is 29.0 Å². The average molecular weight is 322 g/mol. The fourth-order valence-electron chi connectivity index (χ4n) is 2.26. The molecular formula is C13H10N2O4S2. The van der Waals surface area contributed by atoms with Gasteiger partial charge in [-0.2, -0.15) is 0 Å². The number of rotatable bonds is 4. The van der Waals surface area contributed by atoms with E-state index in [9.17, 15) is 19.2 Å². The van der Waals surface area contributed by atoms with Crippen LogP contribution in [0.3, 0.4) is 0 Å². The number of thioether (sulfide) groups is 2. The van der Waals surface area contributed by atoms with Gasteiger partial charge >= 0.3 is 0 Å². The van der Waals surface area contributed by atoms with Crippen molar-refractivity contribution in [2.75, 3.05) is 6.54 Å². The van der Waals surface area contributed by atoms with Gasteiger partial charge in [0, 0.05) is 24.3 Å². The first-order valence-corrected chi connectivity index (χ1v) is 8.01. The summed E-state index contributed by atoms with van der Waals surface area (Å²) in [6, 6.07) is -0.558. The number of hydrogen-bond acceptors (Lipinski definition) is 6. The van der Waals surface area contributed by atoms with Gasteiger partial charge in [0.2, 0.25) is 0 Å². The number of imide groups is 2. The first-order valence-electron chi connectivity index (χ1n) is 6.12. The van der Waals surface area contributed by atoms with Gasteiger partial charge in [0.05, 0.1) is 17.2 Å². The third-order valence-electron chi connectivity index (χ3n) is 3.24. The Kier molecular flexibility index (Phi) is 3.73. The van der Waals surface area contributed by atoms with E-state index < -0.39 is 29.7 Å². The van der Waals surface area contributed by atoms with E-state index in [0.717, 1.165) is 9.80 Å². The molecule has 0 spiro atoms. The van der Waals surface area contributed by atoms with Crippen LogP contribution in [0.1, 0.15) is 0 Å². The van der Waals surface area contributed by atoms with E-state index in [1.54, 1.807) is 0 Å². The fourth-order valence-corrected chi connectivity index (χ4v) is 4.50. The predicted octanol–water partition coefficient (Wildman–Crippen LogP) is 0.482.